The van der Waals surface area contributed by atoms with Crippen molar-refractivity contribution in [3.8, 4) is 0 Å². The Morgan fingerprint density at radius 1 is 1.38 bits per heavy atom. The third-order valence-corrected chi connectivity index (χ3v) is 2.17. The second-order valence-electron chi connectivity index (χ2n) is 3.67. The van der Waals surface area contributed by atoms with Crippen LogP contribution in [0, 0.1) is 5.92 Å². The van der Waals surface area contributed by atoms with Crippen molar-refractivity contribution in [2.45, 2.75) is 33.2 Å². The number of rotatable bonds is 5. The second-order valence-corrected chi connectivity index (χ2v) is 3.67. The molecule has 6 nitrogen and oxygen atoms in total. The lowest BCUT2D eigenvalue weighted by Gasteiger charge is -2.31. The molecule has 0 aromatic heterocycles. The number of ether oxygens (including phenoxy) is 1. The van der Waals surface area contributed by atoms with Crippen LogP contribution in [0.1, 0.15) is 27.7 Å². The summed E-state index contributed by atoms with van der Waals surface area (Å²) in [6.45, 7) is 5.83. The molecule has 0 saturated carbocycles. The van der Waals surface area contributed by atoms with Crippen molar-refractivity contribution in [2.75, 3.05) is 6.61 Å². The molecular formula is C10H17NO5. The molecule has 0 aromatic rings. The van der Waals surface area contributed by atoms with E-state index in [0.29, 0.717) is 0 Å². The fourth-order valence-corrected chi connectivity index (χ4v) is 1.34. The van der Waals surface area contributed by atoms with Crippen LogP contribution in [-0.2, 0) is 19.1 Å². The SMILES string of the molecule is CCOC(=O)[C@](NC(C)=O)(C(=O)O)C(C)C. The Morgan fingerprint density at radius 3 is 2.12 bits per heavy atom. The van der Waals surface area contributed by atoms with Crippen LogP contribution in [0.15, 0.2) is 0 Å². The number of carbonyl (C=O) groups is 3. The van der Waals surface area contributed by atoms with E-state index in [1.165, 1.54) is 13.8 Å². The third kappa shape index (κ3) is 2.71. The van der Waals surface area contributed by atoms with Crippen molar-refractivity contribution >= 4 is 17.8 Å². The quantitative estimate of drug-likeness (QED) is 0.519. The lowest BCUT2D eigenvalue weighted by molar-refractivity contribution is -0.167. The van der Waals surface area contributed by atoms with Gasteiger partial charge in [0.05, 0.1) is 6.61 Å². The number of aliphatic carboxylic acids is 1. The first-order valence-electron chi connectivity index (χ1n) is 4.98. The molecule has 0 spiro atoms. The summed E-state index contributed by atoms with van der Waals surface area (Å²) in [4.78, 5) is 33.9. The van der Waals surface area contributed by atoms with Crippen LogP contribution in [0.5, 0.6) is 0 Å². The first-order chi connectivity index (χ1) is 7.28. The monoisotopic (exact) mass is 231 g/mol. The van der Waals surface area contributed by atoms with Gasteiger partial charge in [0, 0.05) is 6.92 Å². The Balaban J connectivity index is 5.34. The molecular weight excluding hydrogens is 214 g/mol. The molecule has 2 N–H and O–H groups in total. The summed E-state index contributed by atoms with van der Waals surface area (Å²) in [5, 5.41) is 11.3. The van der Waals surface area contributed by atoms with Gasteiger partial charge in [0.25, 0.3) is 0 Å². The van der Waals surface area contributed by atoms with Crippen molar-refractivity contribution in [1.29, 1.82) is 0 Å². The van der Waals surface area contributed by atoms with Gasteiger partial charge in [0.2, 0.25) is 11.4 Å². The first-order valence-corrected chi connectivity index (χ1v) is 4.98. The summed E-state index contributed by atoms with van der Waals surface area (Å²) < 4.78 is 4.70. The van der Waals surface area contributed by atoms with Gasteiger partial charge in [-0.2, -0.15) is 0 Å². The standard InChI is InChI=1S/C10H17NO5/c1-5-16-9(15)10(6(2)3,8(13)14)11-7(4)12/h6H,5H2,1-4H3,(H,11,12)(H,13,14)/t10-/m1/s1. The Bertz CT molecular complexity index is 300. The van der Waals surface area contributed by atoms with Crippen LogP contribution in [0.25, 0.3) is 0 Å². The summed E-state index contributed by atoms with van der Waals surface area (Å²) in [6, 6.07) is 0. The number of hydrogen-bond acceptors (Lipinski definition) is 4. The molecule has 0 aliphatic rings. The predicted molar refractivity (Wildman–Crippen MR) is 55.7 cm³/mol. The van der Waals surface area contributed by atoms with E-state index >= 15 is 0 Å². The van der Waals surface area contributed by atoms with Gasteiger partial charge in [-0.25, -0.2) is 9.59 Å². The average Bonchev–Trinajstić information content (AvgIpc) is 2.12. The van der Waals surface area contributed by atoms with Crippen molar-refractivity contribution in [3.05, 3.63) is 0 Å². The van der Waals surface area contributed by atoms with E-state index in [4.69, 9.17) is 9.84 Å². The zero-order valence-electron chi connectivity index (χ0n) is 9.86. The minimum Gasteiger partial charge on any atom is -0.479 e. The largest absolute Gasteiger partial charge is 0.479 e. The molecule has 0 saturated heterocycles. The first kappa shape index (κ1) is 14.4. The van der Waals surface area contributed by atoms with Crippen LogP contribution >= 0.6 is 0 Å². The predicted octanol–water partition coefficient (Wildman–Crippen LogP) is 0.165. The van der Waals surface area contributed by atoms with Crippen LogP contribution in [0.3, 0.4) is 0 Å². The number of hydrogen-bond donors (Lipinski definition) is 2. The second kappa shape index (κ2) is 5.48. The van der Waals surface area contributed by atoms with Gasteiger partial charge in [-0.1, -0.05) is 13.8 Å². The highest BCUT2D eigenvalue weighted by Gasteiger charge is 2.51. The number of nitrogens with one attached hydrogen (secondary N) is 1. The number of esters is 1. The van der Waals surface area contributed by atoms with Crippen molar-refractivity contribution in [1.82, 2.24) is 5.32 Å². The molecule has 6 heteroatoms. The topological polar surface area (TPSA) is 92.7 Å². The van der Waals surface area contributed by atoms with Gasteiger partial charge in [0.15, 0.2) is 0 Å². The molecule has 0 unspecified atom stereocenters. The maximum Gasteiger partial charge on any atom is 0.343 e. The Kier molecular flexibility index (Phi) is 4.94. The Labute approximate surface area is 94.0 Å². The van der Waals surface area contributed by atoms with Crippen molar-refractivity contribution in [2.24, 2.45) is 5.92 Å². The summed E-state index contributed by atoms with van der Waals surface area (Å²) in [6.07, 6.45) is 0. The number of carbonyl (C=O) groups excluding carboxylic acids is 2. The van der Waals surface area contributed by atoms with Crippen molar-refractivity contribution in [3.63, 3.8) is 0 Å². The van der Waals surface area contributed by atoms with Gasteiger partial charge in [-0.15, -0.1) is 0 Å². The molecule has 0 rings (SSSR count). The molecule has 92 valence electrons. The van der Waals surface area contributed by atoms with E-state index in [-0.39, 0.29) is 6.61 Å². The van der Waals surface area contributed by atoms with Gasteiger partial charge < -0.3 is 15.2 Å². The minimum absolute atomic E-state index is 0.0557. The summed E-state index contributed by atoms with van der Waals surface area (Å²) >= 11 is 0. The van der Waals surface area contributed by atoms with Gasteiger partial charge in [-0.05, 0) is 12.8 Å². The molecule has 0 aromatic carbocycles. The van der Waals surface area contributed by atoms with E-state index < -0.39 is 29.3 Å². The lowest BCUT2D eigenvalue weighted by Crippen LogP contribution is -2.63. The molecule has 0 radical (unpaired) electrons. The van der Waals surface area contributed by atoms with Crippen LogP contribution in [0.4, 0.5) is 0 Å². The smallest absolute Gasteiger partial charge is 0.343 e. The van der Waals surface area contributed by atoms with E-state index in [0.717, 1.165) is 6.92 Å². The maximum atomic E-state index is 11.7. The zero-order valence-corrected chi connectivity index (χ0v) is 9.86. The minimum atomic E-state index is -2.01. The summed E-state index contributed by atoms with van der Waals surface area (Å²) in [5.41, 5.74) is -2.01. The third-order valence-electron chi connectivity index (χ3n) is 2.17. The highest BCUT2D eigenvalue weighted by Crippen LogP contribution is 2.20. The molecule has 1 atom stereocenters. The molecule has 0 aliphatic heterocycles. The molecule has 0 fully saturated rings. The van der Waals surface area contributed by atoms with E-state index in [1.54, 1.807) is 6.92 Å². The Hall–Kier alpha value is -1.59. The summed E-state index contributed by atoms with van der Waals surface area (Å²) in [7, 11) is 0. The molecule has 0 heterocycles. The fourth-order valence-electron chi connectivity index (χ4n) is 1.34. The Morgan fingerprint density at radius 2 is 1.88 bits per heavy atom. The average molecular weight is 231 g/mol. The normalized spacial score (nSPS) is 14.1. The van der Waals surface area contributed by atoms with E-state index in [2.05, 4.69) is 5.32 Å². The molecule has 0 aliphatic carbocycles. The van der Waals surface area contributed by atoms with Crippen LogP contribution in [0.2, 0.25) is 0 Å². The van der Waals surface area contributed by atoms with Gasteiger partial charge >= 0.3 is 11.9 Å². The van der Waals surface area contributed by atoms with Crippen LogP contribution < -0.4 is 5.32 Å². The molecule has 1 amide bonds. The zero-order chi connectivity index (χ0) is 12.9. The van der Waals surface area contributed by atoms with E-state index in [9.17, 15) is 14.4 Å². The van der Waals surface area contributed by atoms with Crippen molar-refractivity contribution < 1.29 is 24.2 Å². The number of amides is 1. The highest BCUT2D eigenvalue weighted by molar-refractivity contribution is 6.07. The highest BCUT2D eigenvalue weighted by atomic mass is 16.5. The number of carboxylic acid groups (broad SMARTS) is 1. The van der Waals surface area contributed by atoms with Gasteiger partial charge in [-0.3, -0.25) is 4.79 Å². The van der Waals surface area contributed by atoms with Crippen LogP contribution in [-0.4, -0.2) is 35.1 Å². The molecule has 16 heavy (non-hydrogen) atoms. The number of carboxylic acids is 1. The van der Waals surface area contributed by atoms with E-state index in [1.807, 2.05) is 0 Å². The molecule has 0 bridgehead atoms. The van der Waals surface area contributed by atoms with Gasteiger partial charge in [0.1, 0.15) is 0 Å². The fraction of sp³-hybridized carbons (Fsp3) is 0.700. The lowest BCUT2D eigenvalue weighted by atomic mass is 9.86. The maximum absolute atomic E-state index is 11.7. The summed E-state index contributed by atoms with van der Waals surface area (Å²) in [5.74, 6) is -3.58.